The lowest BCUT2D eigenvalue weighted by molar-refractivity contribution is -0.0711. The van der Waals surface area contributed by atoms with Gasteiger partial charge in [-0.25, -0.2) is 0 Å². The van der Waals surface area contributed by atoms with Gasteiger partial charge in [-0.3, -0.25) is 0 Å². The van der Waals surface area contributed by atoms with E-state index in [2.05, 4.69) is 13.8 Å². The van der Waals surface area contributed by atoms with E-state index in [0.717, 1.165) is 18.9 Å². The minimum atomic E-state index is 0.0294. The molecule has 1 aliphatic carbocycles. The Morgan fingerprint density at radius 2 is 1.93 bits per heavy atom. The van der Waals surface area contributed by atoms with Crippen molar-refractivity contribution in [3.8, 4) is 0 Å². The topological polar surface area (TPSA) is 35.2 Å². The molecule has 1 rings (SSSR count). The van der Waals surface area contributed by atoms with Crippen LogP contribution in [0.5, 0.6) is 0 Å². The fourth-order valence-corrected chi connectivity index (χ4v) is 2.34. The summed E-state index contributed by atoms with van der Waals surface area (Å²) in [5.74, 6) is 0.917. The van der Waals surface area contributed by atoms with Crippen LogP contribution in [0, 0.1) is 5.92 Å². The average Bonchev–Trinajstić information content (AvgIpc) is 2.27. The summed E-state index contributed by atoms with van der Waals surface area (Å²) in [5.41, 5.74) is 5.87. The predicted molar refractivity (Wildman–Crippen MR) is 60.3 cm³/mol. The molecule has 84 valence electrons. The average molecular weight is 199 g/mol. The molecule has 0 aromatic heterocycles. The Morgan fingerprint density at radius 3 is 2.36 bits per heavy atom. The molecule has 0 atom stereocenters. The third-order valence-electron chi connectivity index (χ3n) is 3.58. The summed E-state index contributed by atoms with van der Waals surface area (Å²) in [6, 6.07) is 0. The monoisotopic (exact) mass is 199 g/mol. The van der Waals surface area contributed by atoms with E-state index in [1.807, 2.05) is 0 Å². The largest absolute Gasteiger partial charge is 0.374 e. The van der Waals surface area contributed by atoms with E-state index >= 15 is 0 Å². The molecule has 0 aromatic carbocycles. The Kier molecular flexibility index (Phi) is 4.90. The number of hydrogen-bond acceptors (Lipinski definition) is 2. The Labute approximate surface area is 88.2 Å². The van der Waals surface area contributed by atoms with Crippen molar-refractivity contribution < 1.29 is 4.74 Å². The molecule has 14 heavy (non-hydrogen) atoms. The van der Waals surface area contributed by atoms with Gasteiger partial charge in [-0.2, -0.15) is 0 Å². The fourth-order valence-electron chi connectivity index (χ4n) is 2.34. The first-order chi connectivity index (χ1) is 6.76. The molecular weight excluding hydrogens is 174 g/mol. The summed E-state index contributed by atoms with van der Waals surface area (Å²) >= 11 is 0. The van der Waals surface area contributed by atoms with Gasteiger partial charge in [0, 0.05) is 13.2 Å². The minimum absolute atomic E-state index is 0.0294. The fraction of sp³-hybridized carbons (Fsp3) is 1.00. The predicted octanol–water partition coefficient (Wildman–Crippen LogP) is 2.71. The Morgan fingerprint density at radius 1 is 1.29 bits per heavy atom. The molecule has 1 saturated carbocycles. The van der Waals surface area contributed by atoms with Crippen LogP contribution in [0.15, 0.2) is 0 Å². The normalized spacial score (nSPS) is 33.2. The highest BCUT2D eigenvalue weighted by Gasteiger charge is 2.34. The Hall–Kier alpha value is -0.0800. The highest BCUT2D eigenvalue weighted by molar-refractivity contribution is 4.87. The first-order valence-corrected chi connectivity index (χ1v) is 6.10. The van der Waals surface area contributed by atoms with Gasteiger partial charge >= 0.3 is 0 Å². The van der Waals surface area contributed by atoms with Crippen LogP contribution in [0.2, 0.25) is 0 Å². The van der Waals surface area contributed by atoms with Gasteiger partial charge < -0.3 is 10.5 Å². The molecule has 1 fully saturated rings. The van der Waals surface area contributed by atoms with Crippen molar-refractivity contribution in [2.45, 2.75) is 58.0 Å². The van der Waals surface area contributed by atoms with Crippen LogP contribution < -0.4 is 5.73 Å². The second-order valence-electron chi connectivity index (χ2n) is 4.59. The van der Waals surface area contributed by atoms with E-state index in [4.69, 9.17) is 10.5 Å². The molecule has 0 aliphatic heterocycles. The second-order valence-corrected chi connectivity index (χ2v) is 4.59. The van der Waals surface area contributed by atoms with Crippen molar-refractivity contribution in [2.75, 3.05) is 13.2 Å². The van der Waals surface area contributed by atoms with Gasteiger partial charge in [0.25, 0.3) is 0 Å². The van der Waals surface area contributed by atoms with Gasteiger partial charge in [0.1, 0.15) is 0 Å². The van der Waals surface area contributed by atoms with Crippen LogP contribution in [-0.2, 0) is 4.74 Å². The zero-order valence-corrected chi connectivity index (χ0v) is 9.72. The van der Waals surface area contributed by atoms with E-state index in [-0.39, 0.29) is 5.60 Å². The zero-order valence-electron chi connectivity index (χ0n) is 9.72. The van der Waals surface area contributed by atoms with Crippen LogP contribution >= 0.6 is 0 Å². The summed E-state index contributed by atoms with van der Waals surface area (Å²) in [6.45, 7) is 6.01. The highest BCUT2D eigenvalue weighted by Crippen LogP contribution is 2.35. The van der Waals surface area contributed by atoms with Crippen LogP contribution in [0.1, 0.15) is 52.4 Å². The molecule has 0 spiro atoms. The van der Waals surface area contributed by atoms with Crippen molar-refractivity contribution in [3.63, 3.8) is 0 Å². The number of nitrogens with two attached hydrogens (primary N) is 1. The van der Waals surface area contributed by atoms with E-state index in [0.29, 0.717) is 6.54 Å². The lowest BCUT2D eigenvalue weighted by Gasteiger charge is -2.39. The lowest BCUT2D eigenvalue weighted by atomic mass is 9.77. The lowest BCUT2D eigenvalue weighted by Crippen LogP contribution is -2.44. The van der Waals surface area contributed by atoms with Crippen molar-refractivity contribution in [1.29, 1.82) is 0 Å². The number of rotatable bonds is 5. The van der Waals surface area contributed by atoms with Gasteiger partial charge in [-0.15, -0.1) is 0 Å². The summed E-state index contributed by atoms with van der Waals surface area (Å²) in [4.78, 5) is 0. The molecule has 0 radical (unpaired) electrons. The van der Waals surface area contributed by atoms with E-state index in [1.165, 1.54) is 32.1 Å². The molecule has 1 aliphatic rings. The van der Waals surface area contributed by atoms with Crippen molar-refractivity contribution in [3.05, 3.63) is 0 Å². The third kappa shape index (κ3) is 2.96. The molecular formula is C12H25NO. The summed E-state index contributed by atoms with van der Waals surface area (Å²) < 4.78 is 5.94. The van der Waals surface area contributed by atoms with E-state index in [9.17, 15) is 0 Å². The number of ether oxygens (including phenoxy) is 1. The van der Waals surface area contributed by atoms with Gasteiger partial charge in [0.2, 0.25) is 0 Å². The van der Waals surface area contributed by atoms with Crippen LogP contribution in [0.3, 0.4) is 0 Å². The first kappa shape index (κ1) is 12.0. The van der Waals surface area contributed by atoms with Crippen molar-refractivity contribution in [2.24, 2.45) is 11.7 Å². The SMILES string of the molecule is CCCOC1(CN)CCC(CC)CC1. The summed E-state index contributed by atoms with van der Waals surface area (Å²) in [6.07, 6.45) is 7.35. The second kappa shape index (κ2) is 5.72. The first-order valence-electron chi connectivity index (χ1n) is 6.10. The standard InChI is InChI=1S/C12H25NO/c1-3-9-14-12(10-13)7-5-11(4-2)6-8-12/h11H,3-10,13H2,1-2H3. The van der Waals surface area contributed by atoms with Gasteiger partial charge in [0.05, 0.1) is 5.60 Å². The smallest absolute Gasteiger partial charge is 0.0804 e. The van der Waals surface area contributed by atoms with Gasteiger partial charge in [-0.1, -0.05) is 20.3 Å². The molecule has 0 bridgehead atoms. The molecule has 2 heteroatoms. The molecule has 0 heterocycles. The molecule has 2 N–H and O–H groups in total. The minimum Gasteiger partial charge on any atom is -0.374 e. The highest BCUT2D eigenvalue weighted by atomic mass is 16.5. The Balaban J connectivity index is 2.39. The molecule has 0 unspecified atom stereocenters. The summed E-state index contributed by atoms with van der Waals surface area (Å²) in [5, 5.41) is 0. The molecule has 2 nitrogen and oxygen atoms in total. The van der Waals surface area contributed by atoms with Crippen LogP contribution in [-0.4, -0.2) is 18.8 Å². The molecule has 0 saturated heterocycles. The quantitative estimate of drug-likeness (QED) is 0.739. The van der Waals surface area contributed by atoms with Gasteiger partial charge in [0.15, 0.2) is 0 Å². The summed E-state index contributed by atoms with van der Waals surface area (Å²) in [7, 11) is 0. The maximum atomic E-state index is 5.94. The zero-order chi connectivity index (χ0) is 10.4. The number of hydrogen-bond donors (Lipinski definition) is 1. The third-order valence-corrected chi connectivity index (χ3v) is 3.58. The van der Waals surface area contributed by atoms with Crippen LogP contribution in [0.4, 0.5) is 0 Å². The van der Waals surface area contributed by atoms with Gasteiger partial charge in [-0.05, 0) is 38.0 Å². The molecule has 0 amide bonds. The maximum absolute atomic E-state index is 5.94. The van der Waals surface area contributed by atoms with Crippen molar-refractivity contribution >= 4 is 0 Å². The van der Waals surface area contributed by atoms with Crippen LogP contribution in [0.25, 0.3) is 0 Å². The van der Waals surface area contributed by atoms with E-state index < -0.39 is 0 Å². The Bertz CT molecular complexity index is 150. The van der Waals surface area contributed by atoms with Crippen molar-refractivity contribution in [1.82, 2.24) is 0 Å². The molecule has 0 aromatic rings. The maximum Gasteiger partial charge on any atom is 0.0804 e. The van der Waals surface area contributed by atoms with E-state index in [1.54, 1.807) is 0 Å².